The molecule has 0 spiro atoms. The number of carbonyl (C=O) groups excluding carboxylic acids is 4. The molecule has 1 amide bonds. The monoisotopic (exact) mass is 931 g/mol. The Balaban J connectivity index is 0.000000182. The van der Waals surface area contributed by atoms with Gasteiger partial charge in [-0.25, -0.2) is 4.79 Å². The van der Waals surface area contributed by atoms with E-state index in [4.69, 9.17) is 27.8 Å². The van der Waals surface area contributed by atoms with Gasteiger partial charge in [-0.2, -0.15) is 0 Å². The van der Waals surface area contributed by atoms with Crippen LogP contribution < -0.4 is 27.4 Å². The first-order valence-electron chi connectivity index (χ1n) is 21.2. The summed E-state index contributed by atoms with van der Waals surface area (Å²) < 4.78 is 5.34. The molecule has 4 heterocycles. The predicted octanol–water partition coefficient (Wildman–Crippen LogP) is 11.9. The van der Waals surface area contributed by atoms with E-state index in [2.05, 4.69) is 16.0 Å². The number of anilines is 5. The fourth-order valence-electron chi connectivity index (χ4n) is 8.26. The van der Waals surface area contributed by atoms with E-state index in [1.54, 1.807) is 37.3 Å². The number of ether oxygens (including phenoxy) is 1. The SMILES string of the molecule is CC1=C(C(=O)Nc2ccccc2)C(c2ccccc2Cl)c2c(sc(C(=O)c3ccc(C)cc3)c2N)N1.CCOC(=O)C1=C(C)Nc2sc(C(=O)c3ccccc3)c(N)c2C1c1ccccc1. The number of hydrogen-bond acceptors (Lipinski definition) is 11. The first-order chi connectivity index (χ1) is 31.9. The van der Waals surface area contributed by atoms with Gasteiger partial charge in [0.25, 0.3) is 5.91 Å². The number of para-hydroxylation sites is 1. The minimum absolute atomic E-state index is 0.128. The molecule has 13 heteroatoms. The Morgan fingerprint density at radius 1 is 0.621 bits per heavy atom. The van der Waals surface area contributed by atoms with Gasteiger partial charge in [0.05, 0.1) is 33.6 Å². The highest BCUT2D eigenvalue weighted by Crippen LogP contribution is 2.53. The van der Waals surface area contributed by atoms with Crippen molar-refractivity contribution in [2.75, 3.05) is 34.0 Å². The maximum Gasteiger partial charge on any atom is 0.336 e. The van der Waals surface area contributed by atoms with Gasteiger partial charge in [-0.1, -0.05) is 138 Å². The fraction of sp³-hybridized carbons (Fsp3) is 0.132. The van der Waals surface area contributed by atoms with Crippen LogP contribution in [0.2, 0.25) is 5.02 Å². The molecule has 2 aliphatic heterocycles. The molecule has 0 aliphatic carbocycles. The Bertz CT molecular complexity index is 3050. The zero-order valence-electron chi connectivity index (χ0n) is 36.5. The van der Waals surface area contributed by atoms with Gasteiger partial charge in [0.1, 0.15) is 9.75 Å². The zero-order chi connectivity index (χ0) is 46.6. The van der Waals surface area contributed by atoms with Crippen LogP contribution in [-0.4, -0.2) is 30.0 Å². The van der Waals surface area contributed by atoms with Crippen LogP contribution in [0.1, 0.15) is 90.9 Å². The van der Waals surface area contributed by atoms with Crippen molar-refractivity contribution in [3.8, 4) is 0 Å². The third-order valence-electron chi connectivity index (χ3n) is 11.4. The van der Waals surface area contributed by atoms with Gasteiger partial charge < -0.3 is 32.2 Å². The Labute approximate surface area is 396 Å². The first kappa shape index (κ1) is 45.3. The Kier molecular flexibility index (Phi) is 13.4. The molecule has 5 aromatic carbocycles. The Morgan fingerprint density at radius 2 is 1.11 bits per heavy atom. The third kappa shape index (κ3) is 8.90. The molecule has 7 N–H and O–H groups in total. The lowest BCUT2D eigenvalue weighted by atomic mass is 9.81. The number of ketones is 2. The molecule has 7 aromatic rings. The number of benzene rings is 5. The second-order valence-corrected chi connectivity index (χ2v) is 18.2. The number of esters is 1. The van der Waals surface area contributed by atoms with E-state index in [0.29, 0.717) is 71.1 Å². The van der Waals surface area contributed by atoms with E-state index in [0.717, 1.165) is 32.3 Å². The molecule has 0 bridgehead atoms. The number of nitrogens with one attached hydrogen (secondary N) is 3. The zero-order valence-corrected chi connectivity index (χ0v) is 38.9. The maximum absolute atomic E-state index is 13.6. The molecular weight excluding hydrogens is 886 g/mol. The molecule has 2 aliphatic rings. The fourth-order valence-corrected chi connectivity index (χ4v) is 10.9. The largest absolute Gasteiger partial charge is 0.463 e. The van der Waals surface area contributed by atoms with Gasteiger partial charge in [-0.3, -0.25) is 14.4 Å². The van der Waals surface area contributed by atoms with Crippen LogP contribution in [0.25, 0.3) is 0 Å². The number of fused-ring (bicyclic) bond motifs is 2. The highest BCUT2D eigenvalue weighted by Gasteiger charge is 2.40. The Hall–Kier alpha value is -7.25. The van der Waals surface area contributed by atoms with Crippen LogP contribution >= 0.6 is 34.3 Å². The molecule has 0 radical (unpaired) electrons. The van der Waals surface area contributed by atoms with Crippen LogP contribution in [0, 0.1) is 6.92 Å². The van der Waals surface area contributed by atoms with Crippen LogP contribution in [0.3, 0.4) is 0 Å². The Morgan fingerprint density at radius 3 is 1.67 bits per heavy atom. The summed E-state index contributed by atoms with van der Waals surface area (Å²) >= 11 is 9.28. The molecule has 9 rings (SSSR count). The normalized spacial score (nSPS) is 15.0. The number of hydrogen-bond donors (Lipinski definition) is 5. The van der Waals surface area contributed by atoms with Crippen LogP contribution in [0.15, 0.2) is 162 Å². The van der Waals surface area contributed by atoms with Crippen molar-refractivity contribution in [1.82, 2.24) is 0 Å². The van der Waals surface area contributed by atoms with Crippen molar-refractivity contribution in [3.63, 3.8) is 0 Å². The van der Waals surface area contributed by atoms with Gasteiger partial charge in [0, 0.05) is 61.8 Å². The average molecular weight is 933 g/mol. The summed E-state index contributed by atoms with van der Waals surface area (Å²) in [5.74, 6) is -1.89. The first-order valence-corrected chi connectivity index (χ1v) is 23.2. The summed E-state index contributed by atoms with van der Waals surface area (Å²) in [4.78, 5) is 53.9. The van der Waals surface area contributed by atoms with E-state index >= 15 is 0 Å². The van der Waals surface area contributed by atoms with Crippen molar-refractivity contribution in [3.05, 3.63) is 216 Å². The number of aryl methyl sites for hydroxylation is 1. The van der Waals surface area contributed by atoms with Crippen molar-refractivity contribution in [1.29, 1.82) is 0 Å². The smallest absolute Gasteiger partial charge is 0.336 e. The minimum atomic E-state index is -0.547. The van der Waals surface area contributed by atoms with Gasteiger partial charge in [0.15, 0.2) is 0 Å². The predicted molar refractivity (Wildman–Crippen MR) is 268 cm³/mol. The van der Waals surface area contributed by atoms with Crippen LogP contribution in [0.4, 0.5) is 27.1 Å². The number of allylic oxidation sites excluding steroid dienone is 2. The summed E-state index contributed by atoms with van der Waals surface area (Å²) in [6.45, 7) is 7.73. The quantitative estimate of drug-likeness (QED) is 0.0663. The summed E-state index contributed by atoms with van der Waals surface area (Å²) in [6, 6.07) is 42.9. The van der Waals surface area contributed by atoms with Crippen LogP contribution in [-0.2, 0) is 14.3 Å². The highest BCUT2D eigenvalue weighted by atomic mass is 35.5. The molecule has 10 nitrogen and oxygen atoms in total. The minimum Gasteiger partial charge on any atom is -0.463 e. The number of nitrogens with two attached hydrogens (primary N) is 2. The molecule has 0 fully saturated rings. The number of amides is 1. The van der Waals surface area contributed by atoms with E-state index in [1.807, 2.05) is 130 Å². The van der Waals surface area contributed by atoms with Crippen molar-refractivity contribution in [2.24, 2.45) is 0 Å². The van der Waals surface area contributed by atoms with Crippen molar-refractivity contribution in [2.45, 2.75) is 39.5 Å². The molecule has 2 unspecified atom stereocenters. The van der Waals surface area contributed by atoms with E-state index < -0.39 is 11.8 Å². The summed E-state index contributed by atoms with van der Waals surface area (Å²) in [5, 5.41) is 11.6. The number of carbonyl (C=O) groups is 4. The molecule has 2 atom stereocenters. The molecule has 0 saturated heterocycles. The number of halogens is 1. The van der Waals surface area contributed by atoms with E-state index in [-0.39, 0.29) is 30.0 Å². The maximum atomic E-state index is 13.6. The van der Waals surface area contributed by atoms with Gasteiger partial charge >= 0.3 is 5.97 Å². The number of rotatable bonds is 10. The summed E-state index contributed by atoms with van der Waals surface area (Å²) in [6.07, 6.45) is 0. The average Bonchev–Trinajstić information content (AvgIpc) is 3.83. The standard InChI is InChI=1S/C29H24ClN3O2S.C24H22N2O3S/c1-16-12-14-18(15-13-16)26(34)27-25(31)24-23(20-10-6-7-11-21(20)30)22(17(2)32-29(24)36-27)28(35)33-19-8-4-3-5-9-19;1-3-29-24(28)17-14(2)26-23-19(18(17)15-10-6-4-7-11-15)20(25)22(30-23)21(27)16-12-8-5-9-13-16/h3-15,23,32H,31H2,1-2H3,(H,33,35);4-13,18,26H,3,25H2,1-2H3. The van der Waals surface area contributed by atoms with E-state index in [1.165, 1.54) is 22.7 Å². The second-order valence-electron chi connectivity index (χ2n) is 15.7. The third-order valence-corrected chi connectivity index (χ3v) is 14.0. The lowest BCUT2D eigenvalue weighted by molar-refractivity contribution is -0.138. The summed E-state index contributed by atoms with van der Waals surface area (Å²) in [7, 11) is 0. The second kappa shape index (κ2) is 19.5. The van der Waals surface area contributed by atoms with Crippen LogP contribution in [0.5, 0.6) is 0 Å². The van der Waals surface area contributed by atoms with Crippen molar-refractivity contribution >= 4 is 84.8 Å². The molecule has 2 aromatic heterocycles. The lowest BCUT2D eigenvalue weighted by Gasteiger charge is -2.29. The lowest BCUT2D eigenvalue weighted by Crippen LogP contribution is -2.27. The number of nitrogen functional groups attached to an aromatic ring is 2. The summed E-state index contributed by atoms with van der Waals surface area (Å²) in [5.41, 5.74) is 22.4. The molecule has 332 valence electrons. The highest BCUT2D eigenvalue weighted by molar-refractivity contribution is 7.19. The van der Waals surface area contributed by atoms with Gasteiger partial charge in [0.2, 0.25) is 11.6 Å². The van der Waals surface area contributed by atoms with Gasteiger partial charge in [-0.05, 0) is 57.0 Å². The number of thiophene rings is 2. The van der Waals surface area contributed by atoms with Crippen molar-refractivity contribution < 1.29 is 23.9 Å². The topological polar surface area (TPSA) is 166 Å². The molecule has 66 heavy (non-hydrogen) atoms. The van der Waals surface area contributed by atoms with Gasteiger partial charge in [-0.15, -0.1) is 22.7 Å². The molecular formula is C53H46ClN5O5S2. The van der Waals surface area contributed by atoms with E-state index in [9.17, 15) is 19.2 Å². The molecule has 0 saturated carbocycles.